The zero-order valence-corrected chi connectivity index (χ0v) is 23.4. The molecule has 1 amide bonds. The second-order valence-electron chi connectivity index (χ2n) is 11.0. The normalized spacial score (nSPS) is 19.9. The Bertz CT molecular complexity index is 1070. The molecule has 7 heteroatoms. The van der Waals surface area contributed by atoms with Crippen molar-refractivity contribution in [2.45, 2.75) is 65.0 Å². The van der Waals surface area contributed by atoms with Gasteiger partial charge in [-0.3, -0.25) is 4.79 Å². The van der Waals surface area contributed by atoms with E-state index in [4.69, 9.17) is 14.2 Å². The van der Waals surface area contributed by atoms with Gasteiger partial charge in [-0.05, 0) is 88.7 Å². The second kappa shape index (κ2) is 13.3. The highest BCUT2D eigenvalue weighted by molar-refractivity contribution is 5.99. The smallest absolute Gasteiger partial charge is 0.257 e. The van der Waals surface area contributed by atoms with E-state index in [2.05, 4.69) is 18.7 Å². The molecule has 2 aromatic rings. The zero-order valence-electron chi connectivity index (χ0n) is 23.4. The lowest BCUT2D eigenvalue weighted by Gasteiger charge is -2.34. The van der Waals surface area contributed by atoms with Gasteiger partial charge in [-0.15, -0.1) is 0 Å². The summed E-state index contributed by atoms with van der Waals surface area (Å²) in [5.41, 5.74) is 0.960. The maximum absolute atomic E-state index is 15.0. The van der Waals surface area contributed by atoms with E-state index in [9.17, 15) is 4.79 Å². The summed E-state index contributed by atoms with van der Waals surface area (Å²) in [7, 11) is 4.06. The largest absolute Gasteiger partial charge is 0.492 e. The number of unbranched alkanes of at least 4 members (excludes halogenated alkanes) is 1. The van der Waals surface area contributed by atoms with E-state index in [1.807, 2.05) is 49.3 Å². The average Bonchev–Trinajstić information content (AvgIpc) is 3.21. The third-order valence-electron chi connectivity index (χ3n) is 7.78. The zero-order chi connectivity index (χ0) is 27.1. The molecule has 4 rings (SSSR count). The molecule has 6 nitrogen and oxygen atoms in total. The number of hydrogen-bond donors (Lipinski definition) is 0. The van der Waals surface area contributed by atoms with Crippen molar-refractivity contribution in [3.63, 3.8) is 0 Å². The minimum absolute atomic E-state index is 0.103. The number of amides is 1. The Balaban J connectivity index is 1.25. The SMILES string of the molecule is CCCCOc1ccc2c(c1F)C(=O)N(CC1CCC(C(C)Oc3cccc(OCCN(C)C)c3)CC1)C2. The van der Waals surface area contributed by atoms with Crippen molar-refractivity contribution in [1.29, 1.82) is 0 Å². The minimum Gasteiger partial charge on any atom is -0.492 e. The highest BCUT2D eigenvalue weighted by Crippen LogP contribution is 2.36. The van der Waals surface area contributed by atoms with Gasteiger partial charge in [-0.2, -0.15) is 0 Å². The van der Waals surface area contributed by atoms with Crippen LogP contribution in [0.1, 0.15) is 68.3 Å². The topological polar surface area (TPSA) is 51.2 Å². The molecular weight excluding hydrogens is 483 g/mol. The Morgan fingerprint density at radius 3 is 2.55 bits per heavy atom. The van der Waals surface area contributed by atoms with Crippen LogP contribution in [0.4, 0.5) is 4.39 Å². The van der Waals surface area contributed by atoms with Gasteiger partial charge in [-0.25, -0.2) is 4.39 Å². The first-order chi connectivity index (χ1) is 18.4. The van der Waals surface area contributed by atoms with Gasteiger partial charge in [-0.1, -0.05) is 25.5 Å². The lowest BCUT2D eigenvalue weighted by atomic mass is 9.79. The molecule has 1 aliphatic carbocycles. The lowest BCUT2D eigenvalue weighted by molar-refractivity contribution is 0.0681. The van der Waals surface area contributed by atoms with Crippen LogP contribution in [0.5, 0.6) is 17.2 Å². The van der Waals surface area contributed by atoms with Gasteiger partial charge in [0.1, 0.15) is 18.1 Å². The number of hydrogen-bond acceptors (Lipinski definition) is 5. The highest BCUT2D eigenvalue weighted by Gasteiger charge is 2.35. The van der Waals surface area contributed by atoms with Crippen LogP contribution in [0.15, 0.2) is 36.4 Å². The van der Waals surface area contributed by atoms with Gasteiger partial charge >= 0.3 is 0 Å². The van der Waals surface area contributed by atoms with Crippen LogP contribution in [0, 0.1) is 17.7 Å². The Hall–Kier alpha value is -2.80. The lowest BCUT2D eigenvalue weighted by Crippen LogP contribution is -2.34. The van der Waals surface area contributed by atoms with Crippen LogP contribution >= 0.6 is 0 Å². The Kier molecular flexibility index (Phi) is 9.89. The van der Waals surface area contributed by atoms with Gasteiger partial charge in [0.05, 0.1) is 18.3 Å². The third kappa shape index (κ3) is 7.19. The quantitative estimate of drug-likeness (QED) is 0.292. The van der Waals surface area contributed by atoms with E-state index >= 15 is 4.39 Å². The van der Waals surface area contributed by atoms with Crippen molar-refractivity contribution in [1.82, 2.24) is 9.80 Å². The maximum Gasteiger partial charge on any atom is 0.257 e. The fraction of sp³-hybridized carbons (Fsp3) is 0.581. The molecule has 0 N–H and O–H groups in total. The van der Waals surface area contributed by atoms with E-state index in [1.54, 1.807) is 6.07 Å². The molecule has 1 unspecified atom stereocenters. The van der Waals surface area contributed by atoms with Gasteiger partial charge in [0, 0.05) is 25.7 Å². The Labute approximate surface area is 227 Å². The third-order valence-corrected chi connectivity index (χ3v) is 7.78. The van der Waals surface area contributed by atoms with Gasteiger partial charge in [0.25, 0.3) is 5.91 Å². The van der Waals surface area contributed by atoms with Gasteiger partial charge < -0.3 is 24.0 Å². The molecule has 0 radical (unpaired) electrons. The van der Waals surface area contributed by atoms with Crippen molar-refractivity contribution >= 4 is 5.91 Å². The summed E-state index contributed by atoms with van der Waals surface area (Å²) < 4.78 is 32.8. The number of carbonyl (C=O) groups excluding carboxylic acids is 1. The maximum atomic E-state index is 15.0. The van der Waals surface area contributed by atoms with E-state index in [0.29, 0.717) is 38.1 Å². The van der Waals surface area contributed by atoms with E-state index in [-0.39, 0.29) is 23.3 Å². The number of halogens is 1. The fourth-order valence-electron chi connectivity index (χ4n) is 5.43. The Morgan fingerprint density at radius 1 is 1.05 bits per heavy atom. The number of carbonyl (C=O) groups is 1. The minimum atomic E-state index is -0.507. The van der Waals surface area contributed by atoms with Crippen LogP contribution < -0.4 is 14.2 Å². The number of fused-ring (bicyclic) bond motifs is 1. The molecule has 208 valence electrons. The van der Waals surface area contributed by atoms with E-state index in [0.717, 1.165) is 62.1 Å². The summed E-state index contributed by atoms with van der Waals surface area (Å²) in [6.45, 7) is 7.33. The molecule has 1 saturated carbocycles. The monoisotopic (exact) mass is 526 g/mol. The first-order valence-electron chi connectivity index (χ1n) is 14.1. The first kappa shape index (κ1) is 28.2. The number of benzene rings is 2. The van der Waals surface area contributed by atoms with E-state index in [1.165, 1.54) is 0 Å². The van der Waals surface area contributed by atoms with Crippen molar-refractivity contribution in [2.75, 3.05) is 40.4 Å². The van der Waals surface area contributed by atoms with Gasteiger partial charge in [0.2, 0.25) is 0 Å². The number of ether oxygens (including phenoxy) is 3. The molecule has 38 heavy (non-hydrogen) atoms. The van der Waals surface area contributed by atoms with Crippen LogP contribution in [0.2, 0.25) is 0 Å². The number of nitrogens with zero attached hydrogens (tertiary/aromatic N) is 2. The highest BCUT2D eigenvalue weighted by atomic mass is 19.1. The average molecular weight is 527 g/mol. The fourth-order valence-corrected chi connectivity index (χ4v) is 5.43. The standard InChI is InChI=1S/C31H43FN2O4/c1-5-6-17-37-28-15-14-25-21-34(31(35)29(25)30(28)32)20-23-10-12-24(13-11-23)22(2)38-27-9-7-8-26(19-27)36-18-16-33(3)4/h7-9,14-15,19,22-24H,5-6,10-13,16-18,20-21H2,1-4H3. The molecule has 0 saturated heterocycles. The second-order valence-corrected chi connectivity index (χ2v) is 11.0. The van der Waals surface area contributed by atoms with Crippen molar-refractivity contribution in [3.8, 4) is 17.2 Å². The van der Waals surface area contributed by atoms with Crippen LogP contribution in [-0.4, -0.2) is 62.2 Å². The first-order valence-corrected chi connectivity index (χ1v) is 14.1. The number of rotatable bonds is 13. The van der Waals surface area contributed by atoms with Gasteiger partial charge in [0.15, 0.2) is 11.6 Å². The van der Waals surface area contributed by atoms with Crippen molar-refractivity contribution in [2.24, 2.45) is 11.8 Å². The molecule has 2 aromatic carbocycles. The van der Waals surface area contributed by atoms with Crippen LogP contribution in [0.25, 0.3) is 0 Å². The predicted octanol–water partition coefficient (Wildman–Crippen LogP) is 6.17. The Morgan fingerprint density at radius 2 is 1.82 bits per heavy atom. The molecule has 1 fully saturated rings. The molecule has 1 atom stereocenters. The van der Waals surface area contributed by atoms with E-state index < -0.39 is 5.82 Å². The number of likely N-dealkylation sites (N-methyl/N-ethyl adjacent to an activating group) is 1. The molecule has 0 aromatic heterocycles. The summed E-state index contributed by atoms with van der Waals surface area (Å²) in [5.74, 6) is 2.03. The molecule has 1 aliphatic heterocycles. The molecule has 0 bridgehead atoms. The molecule has 0 spiro atoms. The van der Waals surface area contributed by atoms with Crippen LogP contribution in [0.3, 0.4) is 0 Å². The molecule has 2 aliphatic rings. The van der Waals surface area contributed by atoms with Crippen LogP contribution in [-0.2, 0) is 6.54 Å². The summed E-state index contributed by atoms with van der Waals surface area (Å²) >= 11 is 0. The summed E-state index contributed by atoms with van der Waals surface area (Å²) in [6, 6.07) is 11.4. The molecule has 1 heterocycles. The summed E-state index contributed by atoms with van der Waals surface area (Å²) in [4.78, 5) is 17.0. The van der Waals surface area contributed by atoms with Crippen molar-refractivity contribution in [3.05, 3.63) is 53.3 Å². The van der Waals surface area contributed by atoms with Crippen molar-refractivity contribution < 1.29 is 23.4 Å². The summed E-state index contributed by atoms with van der Waals surface area (Å²) in [6.07, 6.45) is 6.14. The predicted molar refractivity (Wildman–Crippen MR) is 148 cm³/mol. The summed E-state index contributed by atoms with van der Waals surface area (Å²) in [5, 5.41) is 0. The molecular formula is C31H43FN2O4.